The monoisotopic (exact) mass is 395 g/mol. The average molecular weight is 396 g/mol. The molecular weight excluding hydrogens is 370 g/mol. The first-order valence-corrected chi connectivity index (χ1v) is 10.6. The smallest absolute Gasteiger partial charge is 0.259 e. The van der Waals surface area contributed by atoms with Crippen LogP contribution in [0, 0.1) is 13.8 Å². The molecule has 1 amide bonds. The van der Waals surface area contributed by atoms with Crippen LogP contribution in [0.25, 0.3) is 10.2 Å². The van der Waals surface area contributed by atoms with Gasteiger partial charge in [0, 0.05) is 31.3 Å². The number of nitrogens with zero attached hydrogens (tertiary/aromatic N) is 2. The van der Waals surface area contributed by atoms with Crippen LogP contribution in [-0.4, -0.2) is 27.8 Å². The van der Waals surface area contributed by atoms with E-state index in [9.17, 15) is 9.59 Å². The van der Waals surface area contributed by atoms with Crippen molar-refractivity contribution in [3.8, 4) is 0 Å². The number of fused-ring (bicyclic) bond motifs is 3. The highest BCUT2D eigenvalue weighted by Gasteiger charge is 2.21. The third-order valence-corrected chi connectivity index (χ3v) is 6.72. The van der Waals surface area contributed by atoms with Crippen molar-refractivity contribution >= 4 is 27.5 Å². The summed E-state index contributed by atoms with van der Waals surface area (Å²) in [4.78, 5) is 36.5. The predicted octanol–water partition coefficient (Wildman–Crippen LogP) is 3.68. The molecule has 0 radical (unpaired) electrons. The lowest BCUT2D eigenvalue weighted by Gasteiger charge is -2.18. The van der Waals surface area contributed by atoms with Gasteiger partial charge in [-0.05, 0) is 49.8 Å². The van der Waals surface area contributed by atoms with Gasteiger partial charge in [-0.2, -0.15) is 0 Å². The van der Waals surface area contributed by atoms with Crippen LogP contribution in [-0.2, 0) is 30.6 Å². The molecule has 4 rings (SSSR count). The lowest BCUT2D eigenvalue weighted by molar-refractivity contribution is -0.130. The number of nitrogens with one attached hydrogen (secondary N) is 1. The van der Waals surface area contributed by atoms with Crippen LogP contribution in [0.2, 0.25) is 0 Å². The first-order valence-electron chi connectivity index (χ1n) is 9.76. The first kappa shape index (κ1) is 18.9. The summed E-state index contributed by atoms with van der Waals surface area (Å²) in [5, 5.41) is 0.763. The van der Waals surface area contributed by atoms with Gasteiger partial charge >= 0.3 is 0 Å². The summed E-state index contributed by atoms with van der Waals surface area (Å²) in [6.07, 6.45) is 3.93. The molecule has 0 unspecified atom stereocenters. The van der Waals surface area contributed by atoms with Crippen molar-refractivity contribution in [2.45, 2.75) is 52.5 Å². The van der Waals surface area contributed by atoms with Gasteiger partial charge in [-0.3, -0.25) is 9.59 Å². The molecule has 0 atom stereocenters. The number of hydrogen-bond acceptors (Lipinski definition) is 4. The molecular formula is C22H25N3O2S. The molecule has 1 aliphatic carbocycles. The van der Waals surface area contributed by atoms with Gasteiger partial charge in [0.05, 0.1) is 5.39 Å². The zero-order valence-electron chi connectivity index (χ0n) is 16.6. The van der Waals surface area contributed by atoms with Gasteiger partial charge in [-0.25, -0.2) is 4.98 Å². The van der Waals surface area contributed by atoms with Crippen molar-refractivity contribution < 1.29 is 4.79 Å². The molecule has 0 aliphatic heterocycles. The zero-order chi connectivity index (χ0) is 19.8. The predicted molar refractivity (Wildman–Crippen MR) is 113 cm³/mol. The Morgan fingerprint density at radius 3 is 2.89 bits per heavy atom. The third kappa shape index (κ3) is 3.61. The first-order chi connectivity index (χ1) is 13.4. The Bertz CT molecular complexity index is 1110. The van der Waals surface area contributed by atoms with Crippen molar-refractivity contribution in [2.24, 2.45) is 0 Å². The van der Waals surface area contributed by atoms with Gasteiger partial charge in [0.1, 0.15) is 10.7 Å². The molecule has 0 saturated heterocycles. The lowest BCUT2D eigenvalue weighted by Crippen LogP contribution is -2.27. The standard InChI is InChI=1S/C22H25N3O2S/c1-13-7-8-15(14(2)11-13)12-25(3)19(26)10-9-18-23-21(27)20-16-5-4-6-17(16)28-22(20)24-18/h7-8,11H,4-6,9-10,12H2,1-3H3,(H,23,24,27). The van der Waals surface area contributed by atoms with Crippen molar-refractivity contribution in [1.82, 2.24) is 14.9 Å². The van der Waals surface area contributed by atoms with Crippen molar-refractivity contribution in [2.75, 3.05) is 7.05 Å². The number of thiophene rings is 1. The van der Waals surface area contributed by atoms with Crippen LogP contribution in [0.5, 0.6) is 0 Å². The molecule has 28 heavy (non-hydrogen) atoms. The van der Waals surface area contributed by atoms with Crippen LogP contribution in [0.15, 0.2) is 23.0 Å². The molecule has 0 saturated carbocycles. The van der Waals surface area contributed by atoms with Crippen molar-refractivity contribution in [3.63, 3.8) is 0 Å². The van der Waals surface area contributed by atoms with Gasteiger partial charge in [-0.15, -0.1) is 11.3 Å². The van der Waals surface area contributed by atoms with E-state index in [0.717, 1.165) is 35.0 Å². The van der Waals surface area contributed by atoms with Crippen LogP contribution in [0.4, 0.5) is 0 Å². The van der Waals surface area contributed by atoms with E-state index in [1.165, 1.54) is 21.6 Å². The van der Waals surface area contributed by atoms with E-state index in [4.69, 9.17) is 0 Å². The number of H-pyrrole nitrogens is 1. The van der Waals surface area contributed by atoms with E-state index in [1.54, 1.807) is 16.2 Å². The summed E-state index contributed by atoms with van der Waals surface area (Å²) in [6.45, 7) is 4.73. The zero-order valence-corrected chi connectivity index (χ0v) is 17.4. The summed E-state index contributed by atoms with van der Waals surface area (Å²) >= 11 is 1.63. The SMILES string of the molecule is Cc1ccc(CN(C)C(=O)CCc2nc3sc4c(c3c(=O)[nH]2)CCC4)c(C)c1. The highest BCUT2D eigenvalue weighted by Crippen LogP contribution is 2.34. The van der Waals surface area contributed by atoms with Gasteiger partial charge < -0.3 is 9.88 Å². The number of benzene rings is 1. The fourth-order valence-electron chi connectivity index (χ4n) is 3.95. The van der Waals surface area contributed by atoms with Crippen molar-refractivity contribution in [3.05, 3.63) is 61.5 Å². The van der Waals surface area contributed by atoms with Gasteiger partial charge in [0.2, 0.25) is 5.91 Å². The summed E-state index contributed by atoms with van der Waals surface area (Å²) in [5.74, 6) is 0.655. The minimum atomic E-state index is -0.0597. The van der Waals surface area contributed by atoms with Crippen LogP contribution in [0.3, 0.4) is 0 Å². The normalized spacial score (nSPS) is 13.1. The van der Waals surface area contributed by atoms with E-state index in [0.29, 0.717) is 25.2 Å². The molecule has 3 aromatic rings. The minimum absolute atomic E-state index is 0.0522. The number of aromatic nitrogens is 2. The Labute approximate surface area is 168 Å². The summed E-state index contributed by atoms with van der Waals surface area (Å²) in [5.41, 5.74) is 4.70. The molecule has 0 fully saturated rings. The third-order valence-electron chi connectivity index (χ3n) is 5.53. The quantitative estimate of drug-likeness (QED) is 0.717. The highest BCUT2D eigenvalue weighted by molar-refractivity contribution is 7.18. The Morgan fingerprint density at radius 2 is 2.11 bits per heavy atom. The fraction of sp³-hybridized carbons (Fsp3) is 0.409. The van der Waals surface area contributed by atoms with Gasteiger partial charge in [0.25, 0.3) is 5.56 Å². The lowest BCUT2D eigenvalue weighted by atomic mass is 10.1. The maximum atomic E-state index is 12.6. The van der Waals surface area contributed by atoms with Gasteiger partial charge in [-0.1, -0.05) is 23.8 Å². The fourth-order valence-corrected chi connectivity index (χ4v) is 5.23. The molecule has 2 aromatic heterocycles. The number of amides is 1. The number of hydrogen-bond donors (Lipinski definition) is 1. The Kier molecular flexibility index (Phi) is 5.06. The van der Waals surface area contributed by atoms with E-state index >= 15 is 0 Å². The summed E-state index contributed by atoms with van der Waals surface area (Å²) in [6, 6.07) is 6.29. The van der Waals surface area contributed by atoms with E-state index in [-0.39, 0.29) is 11.5 Å². The molecule has 0 bridgehead atoms. The molecule has 1 aromatic carbocycles. The highest BCUT2D eigenvalue weighted by atomic mass is 32.1. The molecule has 1 aliphatic rings. The Morgan fingerprint density at radius 1 is 1.29 bits per heavy atom. The molecule has 2 heterocycles. The summed E-state index contributed by atoms with van der Waals surface area (Å²) in [7, 11) is 1.82. The largest absolute Gasteiger partial charge is 0.341 e. The number of rotatable bonds is 5. The second-order valence-electron chi connectivity index (χ2n) is 7.73. The Balaban J connectivity index is 1.43. The molecule has 146 valence electrons. The van der Waals surface area contributed by atoms with Crippen LogP contribution in [0.1, 0.15) is 45.8 Å². The summed E-state index contributed by atoms with van der Waals surface area (Å²) < 4.78 is 0. The van der Waals surface area contributed by atoms with E-state index in [1.807, 2.05) is 7.05 Å². The minimum Gasteiger partial charge on any atom is -0.341 e. The van der Waals surface area contributed by atoms with E-state index in [2.05, 4.69) is 42.0 Å². The molecule has 0 spiro atoms. The van der Waals surface area contributed by atoms with Gasteiger partial charge in [0.15, 0.2) is 0 Å². The number of carbonyl (C=O) groups is 1. The second kappa shape index (κ2) is 7.51. The number of aryl methyl sites for hydroxylation is 5. The number of aromatic amines is 1. The average Bonchev–Trinajstić information content (AvgIpc) is 3.22. The topological polar surface area (TPSA) is 66.1 Å². The Hall–Kier alpha value is -2.47. The van der Waals surface area contributed by atoms with Crippen molar-refractivity contribution in [1.29, 1.82) is 0 Å². The van der Waals surface area contributed by atoms with Crippen LogP contribution >= 0.6 is 11.3 Å². The maximum Gasteiger partial charge on any atom is 0.259 e. The molecule has 6 heteroatoms. The molecule has 1 N–H and O–H groups in total. The van der Waals surface area contributed by atoms with Crippen LogP contribution < -0.4 is 5.56 Å². The maximum absolute atomic E-state index is 12.6. The van der Waals surface area contributed by atoms with E-state index < -0.39 is 0 Å². The number of carbonyl (C=O) groups excluding carboxylic acids is 1. The molecule has 5 nitrogen and oxygen atoms in total. The second-order valence-corrected chi connectivity index (χ2v) is 8.81.